The molecule has 0 saturated carbocycles. The molecule has 0 saturated heterocycles. The molecule has 1 aromatic rings. The summed E-state index contributed by atoms with van der Waals surface area (Å²) in [5.41, 5.74) is 1.51. The summed E-state index contributed by atoms with van der Waals surface area (Å²) in [7, 11) is 0. The van der Waals surface area contributed by atoms with Crippen molar-refractivity contribution in [3.8, 4) is 12.1 Å². The van der Waals surface area contributed by atoms with E-state index in [0.717, 1.165) is 18.5 Å². The molecule has 0 aliphatic rings. The lowest BCUT2D eigenvalue weighted by Gasteiger charge is -2.18. The predicted molar refractivity (Wildman–Crippen MR) is 67.3 cm³/mol. The van der Waals surface area contributed by atoms with E-state index in [4.69, 9.17) is 22.1 Å². The van der Waals surface area contributed by atoms with Crippen LogP contribution in [0.25, 0.3) is 0 Å². The van der Waals surface area contributed by atoms with Crippen LogP contribution in [0.3, 0.4) is 0 Å². The Morgan fingerprint density at radius 2 is 2.12 bits per heavy atom. The molecule has 0 atom stereocenters. The van der Waals surface area contributed by atoms with E-state index >= 15 is 0 Å². The van der Waals surface area contributed by atoms with Gasteiger partial charge in [0.15, 0.2) is 0 Å². The molecule has 0 amide bonds. The van der Waals surface area contributed by atoms with Crippen LogP contribution in [0.1, 0.15) is 24.5 Å². The standard InChI is InChI=1S/C13H14ClN3/c1-2-6-17(7-5-15)10-12-4-3-11(9-16)8-13(12)14/h3-4,8H,2,6-7,10H2,1H3. The second-order valence-corrected chi connectivity index (χ2v) is 4.19. The fourth-order valence-corrected chi connectivity index (χ4v) is 1.86. The maximum atomic E-state index is 8.74. The molecule has 0 fully saturated rings. The maximum absolute atomic E-state index is 8.74. The van der Waals surface area contributed by atoms with E-state index in [2.05, 4.69) is 13.0 Å². The van der Waals surface area contributed by atoms with Crippen molar-refractivity contribution in [1.82, 2.24) is 4.90 Å². The second kappa shape index (κ2) is 6.91. The number of rotatable bonds is 5. The van der Waals surface area contributed by atoms with Crippen LogP contribution in [0.4, 0.5) is 0 Å². The monoisotopic (exact) mass is 247 g/mol. The van der Waals surface area contributed by atoms with Crippen LogP contribution in [0.5, 0.6) is 0 Å². The Morgan fingerprint density at radius 1 is 1.35 bits per heavy atom. The van der Waals surface area contributed by atoms with Crippen molar-refractivity contribution in [2.24, 2.45) is 0 Å². The number of halogens is 1. The molecule has 0 heterocycles. The fraction of sp³-hybridized carbons (Fsp3) is 0.385. The zero-order valence-corrected chi connectivity index (χ0v) is 10.5. The lowest BCUT2D eigenvalue weighted by atomic mass is 10.1. The van der Waals surface area contributed by atoms with Crippen LogP contribution in [0, 0.1) is 22.7 Å². The van der Waals surface area contributed by atoms with Gasteiger partial charge in [-0.25, -0.2) is 0 Å². The highest BCUT2D eigenvalue weighted by Crippen LogP contribution is 2.19. The van der Waals surface area contributed by atoms with E-state index in [-0.39, 0.29) is 0 Å². The minimum Gasteiger partial charge on any atom is -0.286 e. The molecule has 0 aromatic heterocycles. The summed E-state index contributed by atoms with van der Waals surface area (Å²) in [4.78, 5) is 2.03. The molecule has 0 radical (unpaired) electrons. The molecule has 0 spiro atoms. The second-order valence-electron chi connectivity index (χ2n) is 3.79. The van der Waals surface area contributed by atoms with E-state index in [1.165, 1.54) is 0 Å². The Morgan fingerprint density at radius 3 is 2.65 bits per heavy atom. The lowest BCUT2D eigenvalue weighted by Crippen LogP contribution is -2.24. The minimum atomic E-state index is 0.393. The highest BCUT2D eigenvalue weighted by atomic mass is 35.5. The van der Waals surface area contributed by atoms with Gasteiger partial charge >= 0.3 is 0 Å². The average Bonchev–Trinajstić information content (AvgIpc) is 2.32. The summed E-state index contributed by atoms with van der Waals surface area (Å²) in [6, 6.07) is 9.45. The first kappa shape index (κ1) is 13.5. The first-order valence-corrected chi connectivity index (χ1v) is 5.87. The molecular weight excluding hydrogens is 234 g/mol. The van der Waals surface area contributed by atoms with Gasteiger partial charge in [0.25, 0.3) is 0 Å². The molecule has 0 N–H and O–H groups in total. The molecule has 17 heavy (non-hydrogen) atoms. The highest BCUT2D eigenvalue weighted by Gasteiger charge is 2.08. The number of nitriles is 2. The Kier molecular flexibility index (Phi) is 5.49. The van der Waals surface area contributed by atoms with Gasteiger partial charge in [-0.2, -0.15) is 10.5 Å². The summed E-state index contributed by atoms with van der Waals surface area (Å²) in [6.07, 6.45) is 0.996. The summed E-state index contributed by atoms with van der Waals surface area (Å²) in [5, 5.41) is 18.1. The average molecular weight is 248 g/mol. The molecule has 88 valence electrons. The van der Waals surface area contributed by atoms with Crippen molar-refractivity contribution >= 4 is 11.6 Å². The van der Waals surface area contributed by atoms with Crippen molar-refractivity contribution in [2.45, 2.75) is 19.9 Å². The third-order valence-electron chi connectivity index (χ3n) is 2.41. The molecular formula is C13H14ClN3. The van der Waals surface area contributed by atoms with E-state index < -0.39 is 0 Å². The summed E-state index contributed by atoms with van der Waals surface area (Å²) in [6.45, 7) is 3.98. The Balaban J connectivity index is 2.80. The van der Waals surface area contributed by atoms with Crippen LogP contribution in [0.15, 0.2) is 18.2 Å². The van der Waals surface area contributed by atoms with Crippen LogP contribution in [-0.2, 0) is 6.54 Å². The topological polar surface area (TPSA) is 50.8 Å². The van der Waals surface area contributed by atoms with Crippen molar-refractivity contribution in [1.29, 1.82) is 10.5 Å². The minimum absolute atomic E-state index is 0.393. The number of benzene rings is 1. The Labute approximate surface area is 107 Å². The maximum Gasteiger partial charge on any atom is 0.0992 e. The fourth-order valence-electron chi connectivity index (χ4n) is 1.62. The van der Waals surface area contributed by atoms with Crippen LogP contribution in [0.2, 0.25) is 5.02 Å². The molecule has 0 aliphatic heterocycles. The zero-order valence-electron chi connectivity index (χ0n) is 9.78. The number of hydrogen-bond acceptors (Lipinski definition) is 3. The van der Waals surface area contributed by atoms with E-state index in [9.17, 15) is 0 Å². The van der Waals surface area contributed by atoms with E-state index in [1.807, 2.05) is 17.0 Å². The van der Waals surface area contributed by atoms with Crippen molar-refractivity contribution < 1.29 is 0 Å². The van der Waals surface area contributed by atoms with Crippen LogP contribution >= 0.6 is 11.6 Å². The van der Waals surface area contributed by atoms with Gasteiger partial charge in [-0.3, -0.25) is 4.90 Å². The van der Waals surface area contributed by atoms with Gasteiger partial charge in [0.1, 0.15) is 0 Å². The molecule has 4 heteroatoms. The van der Waals surface area contributed by atoms with Gasteiger partial charge < -0.3 is 0 Å². The molecule has 1 aromatic carbocycles. The lowest BCUT2D eigenvalue weighted by molar-refractivity contribution is 0.298. The number of hydrogen-bond donors (Lipinski definition) is 0. The van der Waals surface area contributed by atoms with Gasteiger partial charge in [0, 0.05) is 11.6 Å². The summed E-state index contributed by atoms with van der Waals surface area (Å²) < 4.78 is 0. The third kappa shape index (κ3) is 4.07. The third-order valence-corrected chi connectivity index (χ3v) is 2.76. The first-order valence-electron chi connectivity index (χ1n) is 5.49. The molecule has 3 nitrogen and oxygen atoms in total. The molecule has 1 rings (SSSR count). The van der Waals surface area contributed by atoms with E-state index in [1.54, 1.807) is 12.1 Å². The summed E-state index contributed by atoms with van der Waals surface area (Å²) in [5.74, 6) is 0. The van der Waals surface area contributed by atoms with Gasteiger partial charge in [0.05, 0.1) is 24.2 Å². The largest absolute Gasteiger partial charge is 0.286 e. The van der Waals surface area contributed by atoms with Gasteiger partial charge in [-0.05, 0) is 30.7 Å². The zero-order chi connectivity index (χ0) is 12.7. The van der Waals surface area contributed by atoms with Crippen LogP contribution in [-0.4, -0.2) is 18.0 Å². The Bertz CT molecular complexity index is 457. The molecule has 0 bridgehead atoms. The molecule has 0 aliphatic carbocycles. The van der Waals surface area contributed by atoms with Gasteiger partial charge in [0.2, 0.25) is 0 Å². The highest BCUT2D eigenvalue weighted by molar-refractivity contribution is 6.31. The van der Waals surface area contributed by atoms with Crippen molar-refractivity contribution in [3.05, 3.63) is 34.3 Å². The molecule has 0 unspecified atom stereocenters. The van der Waals surface area contributed by atoms with Crippen LogP contribution < -0.4 is 0 Å². The van der Waals surface area contributed by atoms with Gasteiger partial charge in [-0.1, -0.05) is 24.6 Å². The first-order chi connectivity index (χ1) is 8.21. The number of nitrogens with zero attached hydrogens (tertiary/aromatic N) is 3. The smallest absolute Gasteiger partial charge is 0.0992 e. The summed E-state index contributed by atoms with van der Waals surface area (Å²) >= 11 is 6.09. The normalized spacial score (nSPS) is 9.94. The van der Waals surface area contributed by atoms with Gasteiger partial charge in [-0.15, -0.1) is 0 Å². The quantitative estimate of drug-likeness (QED) is 0.752. The predicted octanol–water partition coefficient (Wildman–Crippen LogP) is 2.95. The SMILES string of the molecule is CCCN(CC#N)Cc1ccc(C#N)cc1Cl. The Hall–Kier alpha value is -1.55. The van der Waals surface area contributed by atoms with Crippen molar-refractivity contribution in [2.75, 3.05) is 13.1 Å². The van der Waals surface area contributed by atoms with E-state index in [0.29, 0.717) is 23.7 Å². The van der Waals surface area contributed by atoms with Crippen molar-refractivity contribution in [3.63, 3.8) is 0 Å².